The van der Waals surface area contributed by atoms with Crippen molar-refractivity contribution in [1.29, 1.82) is 0 Å². The van der Waals surface area contributed by atoms with E-state index in [0.717, 1.165) is 67.4 Å². The number of halogens is 2. The quantitative estimate of drug-likeness (QED) is 0.368. The maximum atomic E-state index is 11.5. The monoisotopic (exact) mass is 570 g/mol. The number of aromatic nitrogens is 3. The predicted molar refractivity (Wildman–Crippen MR) is 156 cm³/mol. The van der Waals surface area contributed by atoms with E-state index < -0.39 is 11.4 Å². The van der Waals surface area contributed by atoms with Gasteiger partial charge in [-0.25, -0.2) is 4.98 Å². The Labute approximate surface area is 239 Å². The molecule has 3 fully saturated rings. The van der Waals surface area contributed by atoms with E-state index in [9.17, 15) is 9.90 Å². The highest BCUT2D eigenvalue weighted by Crippen LogP contribution is 2.45. The smallest absolute Gasteiger partial charge is 0.309 e. The number of anilines is 2. The highest BCUT2D eigenvalue weighted by molar-refractivity contribution is 6.35. The Kier molecular flexibility index (Phi) is 6.92. The largest absolute Gasteiger partial charge is 0.481 e. The van der Waals surface area contributed by atoms with Gasteiger partial charge in [-0.15, -0.1) is 0 Å². The van der Waals surface area contributed by atoms with Crippen molar-refractivity contribution in [2.75, 3.05) is 36.4 Å². The minimum absolute atomic E-state index is 0.0672. The van der Waals surface area contributed by atoms with Crippen LogP contribution in [-0.2, 0) is 11.8 Å². The molecule has 0 spiro atoms. The minimum atomic E-state index is -0.656. The summed E-state index contributed by atoms with van der Waals surface area (Å²) in [4.78, 5) is 26.3. The maximum absolute atomic E-state index is 11.5. The molecule has 2 aromatic heterocycles. The predicted octanol–water partition coefficient (Wildman–Crippen LogP) is 5.85. The number of piperidine rings is 1. The number of carboxylic acid groups (broad SMARTS) is 1. The van der Waals surface area contributed by atoms with E-state index in [2.05, 4.69) is 22.0 Å². The first kappa shape index (κ1) is 26.7. The second-order valence-corrected chi connectivity index (χ2v) is 12.9. The van der Waals surface area contributed by atoms with Crippen LogP contribution in [0.3, 0.4) is 0 Å². The van der Waals surface area contributed by atoms with Crippen molar-refractivity contribution in [2.24, 2.45) is 24.3 Å². The summed E-state index contributed by atoms with van der Waals surface area (Å²) >= 11 is 12.6. The molecule has 1 aliphatic carbocycles. The number of fused-ring (bicyclic) bond motifs is 1. The molecule has 3 aromatic rings. The molecule has 1 saturated carbocycles. The summed E-state index contributed by atoms with van der Waals surface area (Å²) in [5, 5.41) is 14.3. The number of benzene rings is 1. The van der Waals surface area contributed by atoms with Gasteiger partial charge in [0.25, 0.3) is 0 Å². The van der Waals surface area contributed by atoms with Crippen molar-refractivity contribution in [1.82, 2.24) is 19.4 Å². The van der Waals surface area contributed by atoms with Crippen LogP contribution in [0.5, 0.6) is 0 Å². The Balaban J connectivity index is 1.14. The molecule has 0 unspecified atom stereocenters. The Morgan fingerprint density at radius 3 is 2.64 bits per heavy atom. The lowest BCUT2D eigenvalue weighted by Crippen LogP contribution is -2.58. The van der Waals surface area contributed by atoms with Crippen LogP contribution >= 0.6 is 23.2 Å². The first-order valence-electron chi connectivity index (χ1n) is 13.9. The summed E-state index contributed by atoms with van der Waals surface area (Å²) in [6, 6.07) is 7.95. The third kappa shape index (κ3) is 4.96. The van der Waals surface area contributed by atoms with E-state index in [1.165, 1.54) is 12.8 Å². The van der Waals surface area contributed by atoms with Gasteiger partial charge in [-0.3, -0.25) is 4.79 Å². The third-order valence-corrected chi connectivity index (χ3v) is 9.81. The normalized spacial score (nSPS) is 26.7. The van der Waals surface area contributed by atoms with E-state index in [0.29, 0.717) is 27.9 Å². The number of aliphatic carboxylic acids is 1. The van der Waals surface area contributed by atoms with Gasteiger partial charge in [0.05, 0.1) is 17.0 Å². The molecule has 6 rings (SSSR count). The van der Waals surface area contributed by atoms with Gasteiger partial charge in [-0.2, -0.15) is 4.98 Å². The molecule has 2 atom stereocenters. The Morgan fingerprint density at radius 2 is 1.92 bits per heavy atom. The topological polar surface area (TPSA) is 86.5 Å². The van der Waals surface area contributed by atoms with Gasteiger partial charge in [-0.1, -0.05) is 29.3 Å². The molecule has 3 aliphatic rings. The number of carboxylic acids is 1. The number of nitrogens with one attached hydrogen (secondary N) is 1. The average molecular weight is 572 g/mol. The van der Waals surface area contributed by atoms with Crippen molar-refractivity contribution in [3.05, 3.63) is 46.1 Å². The molecule has 0 bridgehead atoms. The number of likely N-dealkylation sites (tertiary alicyclic amines) is 1. The highest BCUT2D eigenvalue weighted by atomic mass is 35.5. The average Bonchev–Trinajstić information content (AvgIpc) is 3.22. The van der Waals surface area contributed by atoms with Crippen LogP contribution in [0.4, 0.5) is 11.8 Å². The fourth-order valence-corrected chi connectivity index (χ4v) is 7.27. The van der Waals surface area contributed by atoms with Crippen molar-refractivity contribution in [3.8, 4) is 0 Å². The lowest BCUT2D eigenvalue weighted by atomic mass is 9.65. The molecule has 4 heterocycles. The van der Waals surface area contributed by atoms with Crippen LogP contribution < -0.4 is 10.2 Å². The lowest BCUT2D eigenvalue weighted by molar-refractivity contribution is -0.158. The van der Waals surface area contributed by atoms with Crippen LogP contribution in [0, 0.1) is 17.3 Å². The van der Waals surface area contributed by atoms with Gasteiger partial charge in [0.1, 0.15) is 5.52 Å². The Morgan fingerprint density at radius 1 is 1.15 bits per heavy atom. The maximum Gasteiger partial charge on any atom is 0.309 e. The third-order valence-electron chi connectivity index (χ3n) is 9.24. The van der Waals surface area contributed by atoms with E-state index in [1.807, 2.05) is 42.9 Å². The molecule has 2 N–H and O–H groups in total. The van der Waals surface area contributed by atoms with E-state index in [4.69, 9.17) is 33.2 Å². The van der Waals surface area contributed by atoms with Crippen molar-refractivity contribution < 1.29 is 9.90 Å². The van der Waals surface area contributed by atoms with Gasteiger partial charge in [0, 0.05) is 49.0 Å². The molecular weight excluding hydrogens is 535 g/mol. The Bertz CT molecular complexity index is 1400. The zero-order chi connectivity index (χ0) is 27.5. The van der Waals surface area contributed by atoms with E-state index in [1.54, 1.807) is 6.07 Å². The lowest BCUT2D eigenvalue weighted by Gasteiger charge is -2.52. The summed E-state index contributed by atoms with van der Waals surface area (Å²) in [6.07, 6.45) is 5.98. The molecule has 2 saturated heterocycles. The number of hydrogen-bond acceptors (Lipinski definition) is 6. The molecule has 2 aliphatic heterocycles. The number of nitrogens with zero attached hydrogens (tertiary/aromatic N) is 5. The van der Waals surface area contributed by atoms with Crippen molar-refractivity contribution in [2.45, 2.75) is 51.6 Å². The van der Waals surface area contributed by atoms with Crippen LogP contribution in [0.1, 0.15) is 51.1 Å². The van der Waals surface area contributed by atoms with Crippen LogP contribution in [0.15, 0.2) is 30.5 Å². The Hall–Kier alpha value is -2.55. The SMILES string of the molecule is C[C@@H](Nc1nc(N2CC([C@H]3CCCN([C@H]4C[C@](C)(C(=O)O)C4)C3)C2)nc2ccn(C)c12)c1ccc(Cl)cc1Cl. The molecule has 39 heavy (non-hydrogen) atoms. The second-order valence-electron chi connectivity index (χ2n) is 12.1. The van der Waals surface area contributed by atoms with Crippen molar-refractivity contribution >= 4 is 52.0 Å². The fourth-order valence-electron chi connectivity index (χ4n) is 6.70. The van der Waals surface area contributed by atoms with Gasteiger partial charge in [-0.05, 0) is 81.7 Å². The van der Waals surface area contributed by atoms with Crippen LogP contribution in [0.25, 0.3) is 11.0 Å². The summed E-state index contributed by atoms with van der Waals surface area (Å²) < 4.78 is 2.04. The number of hydrogen-bond donors (Lipinski definition) is 2. The van der Waals surface area contributed by atoms with Crippen LogP contribution in [0.2, 0.25) is 10.0 Å². The highest BCUT2D eigenvalue weighted by Gasteiger charge is 2.49. The summed E-state index contributed by atoms with van der Waals surface area (Å²) in [5.74, 6) is 2.14. The van der Waals surface area contributed by atoms with E-state index in [-0.39, 0.29) is 6.04 Å². The molecular formula is C29H36Cl2N6O2. The van der Waals surface area contributed by atoms with Crippen LogP contribution in [-0.4, -0.2) is 62.7 Å². The zero-order valence-electron chi connectivity index (χ0n) is 22.7. The molecule has 0 radical (unpaired) electrons. The number of rotatable bonds is 7. The van der Waals surface area contributed by atoms with Gasteiger partial charge in [0.15, 0.2) is 5.82 Å². The van der Waals surface area contributed by atoms with Gasteiger partial charge in [0.2, 0.25) is 5.95 Å². The van der Waals surface area contributed by atoms with Gasteiger partial charge >= 0.3 is 5.97 Å². The molecule has 0 amide bonds. The minimum Gasteiger partial charge on any atom is -0.481 e. The first-order chi connectivity index (χ1) is 18.6. The first-order valence-corrected chi connectivity index (χ1v) is 14.6. The summed E-state index contributed by atoms with van der Waals surface area (Å²) in [7, 11) is 2.01. The van der Waals surface area contributed by atoms with Crippen molar-refractivity contribution in [3.63, 3.8) is 0 Å². The number of aryl methyl sites for hydroxylation is 1. The van der Waals surface area contributed by atoms with Gasteiger partial charge < -0.3 is 24.8 Å². The van der Waals surface area contributed by atoms with E-state index >= 15 is 0 Å². The molecule has 1 aromatic carbocycles. The standard InChI is InChI=1S/C29H36Cl2N6O2/c1-17(22-7-6-20(30)11-23(22)31)32-26-25-24(8-10-35(25)3)33-28(34-26)37-15-19(16-37)18-5-4-9-36(14-18)21-12-29(2,13-21)27(38)39/h6-8,10-11,17-19,21H,4-5,9,12-16H2,1-3H3,(H,38,39)(H,32,33,34)/t17-,18+,21-,29-/m1/s1. The summed E-state index contributed by atoms with van der Waals surface area (Å²) in [6.45, 7) is 8.02. The number of carbonyl (C=O) groups is 1. The fraction of sp³-hybridized carbons (Fsp3) is 0.552. The zero-order valence-corrected chi connectivity index (χ0v) is 24.2. The molecule has 208 valence electrons. The second kappa shape index (κ2) is 10.1. The molecule has 10 heteroatoms. The molecule has 8 nitrogen and oxygen atoms in total. The summed E-state index contributed by atoms with van der Waals surface area (Å²) in [5.41, 5.74) is 2.30.